The van der Waals surface area contributed by atoms with Crippen molar-refractivity contribution in [2.75, 3.05) is 6.61 Å². The van der Waals surface area contributed by atoms with Crippen LogP contribution in [0.25, 0.3) is 11.1 Å². The number of carbonyl (C=O) groups is 3. The summed E-state index contributed by atoms with van der Waals surface area (Å²) in [5.41, 5.74) is 6.59. The molecule has 184 valence electrons. The van der Waals surface area contributed by atoms with Gasteiger partial charge in [0.1, 0.15) is 12.6 Å². The smallest absolute Gasteiger partial charge is 0.407 e. The molecule has 7 nitrogen and oxygen atoms in total. The SMILES string of the molecule is O=C(C[C@H](NC(=O)OCC1c2ccccc2-c2ccccc21)C(=O)O)NC1CCCc2ccccc21. The molecule has 0 aromatic heterocycles. The van der Waals surface area contributed by atoms with Gasteiger partial charge in [-0.15, -0.1) is 0 Å². The molecule has 0 bridgehead atoms. The average molecular weight is 485 g/mol. The summed E-state index contributed by atoms with van der Waals surface area (Å²) >= 11 is 0. The molecule has 0 aliphatic heterocycles. The van der Waals surface area contributed by atoms with E-state index in [-0.39, 0.29) is 25.0 Å². The van der Waals surface area contributed by atoms with Gasteiger partial charge in [-0.25, -0.2) is 9.59 Å². The largest absolute Gasteiger partial charge is 0.480 e. The van der Waals surface area contributed by atoms with Gasteiger partial charge >= 0.3 is 12.1 Å². The van der Waals surface area contributed by atoms with Gasteiger partial charge in [-0.1, -0.05) is 72.8 Å². The summed E-state index contributed by atoms with van der Waals surface area (Å²) in [7, 11) is 0. The number of hydrogen-bond acceptors (Lipinski definition) is 4. The zero-order valence-electron chi connectivity index (χ0n) is 19.8. The summed E-state index contributed by atoms with van der Waals surface area (Å²) in [6.45, 7) is 0.0667. The summed E-state index contributed by atoms with van der Waals surface area (Å²) in [6, 6.07) is 22.3. The zero-order valence-corrected chi connectivity index (χ0v) is 19.8. The molecule has 0 radical (unpaired) electrons. The van der Waals surface area contributed by atoms with Crippen molar-refractivity contribution in [3.8, 4) is 11.1 Å². The molecule has 0 spiro atoms. The lowest BCUT2D eigenvalue weighted by Crippen LogP contribution is -2.45. The fourth-order valence-electron chi connectivity index (χ4n) is 5.32. The van der Waals surface area contributed by atoms with E-state index >= 15 is 0 Å². The molecule has 3 aromatic rings. The van der Waals surface area contributed by atoms with Crippen LogP contribution < -0.4 is 10.6 Å². The normalized spacial score (nSPS) is 16.7. The molecule has 2 atom stereocenters. The highest BCUT2D eigenvalue weighted by atomic mass is 16.5. The molecule has 7 heteroatoms. The number of carboxylic acid groups (broad SMARTS) is 1. The predicted molar refractivity (Wildman–Crippen MR) is 135 cm³/mol. The molecule has 1 unspecified atom stereocenters. The first-order chi connectivity index (χ1) is 17.5. The van der Waals surface area contributed by atoms with E-state index < -0.39 is 24.0 Å². The molecule has 0 saturated carbocycles. The minimum Gasteiger partial charge on any atom is -0.480 e. The number of hydrogen-bond donors (Lipinski definition) is 3. The first kappa shape index (κ1) is 23.6. The van der Waals surface area contributed by atoms with E-state index in [1.54, 1.807) is 0 Å². The summed E-state index contributed by atoms with van der Waals surface area (Å²) in [6.07, 6.45) is 1.46. The summed E-state index contributed by atoms with van der Waals surface area (Å²) in [5, 5.41) is 14.9. The monoisotopic (exact) mass is 484 g/mol. The third-order valence-corrected chi connectivity index (χ3v) is 7.03. The molecule has 3 aromatic carbocycles. The Hall–Kier alpha value is -4.13. The summed E-state index contributed by atoms with van der Waals surface area (Å²) in [5.74, 6) is -1.85. The van der Waals surface area contributed by atoms with E-state index in [4.69, 9.17) is 4.74 Å². The lowest BCUT2D eigenvalue weighted by Gasteiger charge is -2.27. The van der Waals surface area contributed by atoms with Crippen molar-refractivity contribution in [1.82, 2.24) is 10.6 Å². The minimum atomic E-state index is -1.39. The van der Waals surface area contributed by atoms with Crippen LogP contribution in [-0.4, -0.2) is 35.7 Å². The molecule has 3 N–H and O–H groups in total. The zero-order chi connectivity index (χ0) is 25.1. The average Bonchev–Trinajstić information content (AvgIpc) is 3.21. The van der Waals surface area contributed by atoms with Crippen LogP contribution in [0.15, 0.2) is 72.8 Å². The second kappa shape index (κ2) is 10.2. The van der Waals surface area contributed by atoms with Gasteiger partial charge in [0.2, 0.25) is 5.91 Å². The lowest BCUT2D eigenvalue weighted by atomic mass is 9.87. The molecule has 0 fully saturated rings. The lowest BCUT2D eigenvalue weighted by molar-refractivity contribution is -0.141. The Morgan fingerprint density at radius 3 is 2.17 bits per heavy atom. The fraction of sp³-hybridized carbons (Fsp3) is 0.276. The molecule has 36 heavy (non-hydrogen) atoms. The van der Waals surface area contributed by atoms with E-state index in [9.17, 15) is 19.5 Å². The Balaban J connectivity index is 1.19. The van der Waals surface area contributed by atoms with Crippen LogP contribution >= 0.6 is 0 Å². The number of carbonyl (C=O) groups excluding carboxylic acids is 2. The van der Waals surface area contributed by atoms with E-state index in [0.29, 0.717) is 0 Å². The highest BCUT2D eigenvalue weighted by Crippen LogP contribution is 2.44. The van der Waals surface area contributed by atoms with Crippen LogP contribution in [0.2, 0.25) is 0 Å². The Labute approximate surface area is 209 Å². The van der Waals surface area contributed by atoms with Crippen molar-refractivity contribution in [1.29, 1.82) is 0 Å². The van der Waals surface area contributed by atoms with Crippen molar-refractivity contribution in [2.45, 2.75) is 43.7 Å². The number of aliphatic carboxylic acids is 1. The number of amides is 2. The maximum atomic E-state index is 12.7. The predicted octanol–water partition coefficient (Wildman–Crippen LogP) is 4.56. The van der Waals surface area contributed by atoms with E-state index in [1.807, 2.05) is 72.8 Å². The molecule has 2 aliphatic rings. The second-order valence-corrected chi connectivity index (χ2v) is 9.28. The van der Waals surface area contributed by atoms with Gasteiger partial charge in [0.15, 0.2) is 0 Å². The molecule has 2 amide bonds. The third kappa shape index (κ3) is 4.82. The maximum absolute atomic E-state index is 12.7. The summed E-state index contributed by atoms with van der Waals surface area (Å²) < 4.78 is 5.45. The first-order valence-corrected chi connectivity index (χ1v) is 12.2. The van der Waals surface area contributed by atoms with Crippen molar-refractivity contribution >= 4 is 18.0 Å². The van der Waals surface area contributed by atoms with Gasteiger partial charge in [0.25, 0.3) is 0 Å². The maximum Gasteiger partial charge on any atom is 0.407 e. The first-order valence-electron chi connectivity index (χ1n) is 12.2. The van der Waals surface area contributed by atoms with E-state index in [1.165, 1.54) is 5.56 Å². The highest BCUT2D eigenvalue weighted by molar-refractivity contribution is 5.87. The quantitative estimate of drug-likeness (QED) is 0.456. The van der Waals surface area contributed by atoms with Gasteiger partial charge in [0, 0.05) is 5.92 Å². The number of nitrogens with one attached hydrogen (secondary N) is 2. The van der Waals surface area contributed by atoms with Crippen molar-refractivity contribution in [3.63, 3.8) is 0 Å². The van der Waals surface area contributed by atoms with Gasteiger partial charge in [-0.3, -0.25) is 4.79 Å². The van der Waals surface area contributed by atoms with Gasteiger partial charge in [-0.05, 0) is 52.6 Å². The second-order valence-electron chi connectivity index (χ2n) is 9.28. The van der Waals surface area contributed by atoms with Gasteiger partial charge in [0.05, 0.1) is 12.5 Å². The molecule has 0 heterocycles. The Kier molecular flexibility index (Phi) is 6.71. The minimum absolute atomic E-state index is 0.0667. The summed E-state index contributed by atoms with van der Waals surface area (Å²) in [4.78, 5) is 37.0. The van der Waals surface area contributed by atoms with Crippen molar-refractivity contribution < 1.29 is 24.2 Å². The molecular formula is C29H28N2O5. The number of ether oxygens (including phenoxy) is 1. The van der Waals surface area contributed by atoms with E-state index in [0.717, 1.165) is 47.1 Å². The van der Waals surface area contributed by atoms with Gasteiger partial charge in [-0.2, -0.15) is 0 Å². The Morgan fingerprint density at radius 2 is 1.50 bits per heavy atom. The molecule has 0 saturated heterocycles. The highest BCUT2D eigenvalue weighted by Gasteiger charge is 2.31. The van der Waals surface area contributed by atoms with Gasteiger partial charge < -0.3 is 20.5 Å². The molecule has 2 aliphatic carbocycles. The Bertz CT molecular complexity index is 1260. The number of benzene rings is 3. The number of carboxylic acids is 1. The van der Waals surface area contributed by atoms with Crippen LogP contribution in [0.1, 0.15) is 53.5 Å². The number of fused-ring (bicyclic) bond motifs is 4. The van der Waals surface area contributed by atoms with Crippen molar-refractivity contribution in [2.24, 2.45) is 0 Å². The number of rotatable bonds is 7. The Morgan fingerprint density at radius 1 is 0.889 bits per heavy atom. The van der Waals surface area contributed by atoms with Crippen LogP contribution in [0.3, 0.4) is 0 Å². The number of aryl methyl sites for hydroxylation is 1. The van der Waals surface area contributed by atoms with Crippen LogP contribution in [0.5, 0.6) is 0 Å². The third-order valence-electron chi connectivity index (χ3n) is 7.03. The van der Waals surface area contributed by atoms with E-state index in [2.05, 4.69) is 10.6 Å². The number of alkyl carbamates (subject to hydrolysis) is 1. The standard InChI is InChI=1S/C29H28N2O5/c32-27(30-25-15-7-9-18-8-1-2-10-19(18)25)16-26(28(33)34)31-29(35)36-17-24-22-13-5-3-11-20(22)21-12-4-6-14-23(21)24/h1-6,8,10-14,24-26H,7,9,15-17H2,(H,30,32)(H,31,35)(H,33,34)/t25?,26-/m0/s1. The van der Waals surface area contributed by atoms with Crippen LogP contribution in [0.4, 0.5) is 4.79 Å². The topological polar surface area (TPSA) is 105 Å². The van der Waals surface area contributed by atoms with Crippen molar-refractivity contribution in [3.05, 3.63) is 95.1 Å². The molecule has 5 rings (SSSR count). The van der Waals surface area contributed by atoms with Crippen LogP contribution in [-0.2, 0) is 20.7 Å². The fourth-order valence-corrected chi connectivity index (χ4v) is 5.32. The van der Waals surface area contributed by atoms with Crippen LogP contribution in [0, 0.1) is 0 Å². The molecular weight excluding hydrogens is 456 g/mol.